The molecule has 114 valence electrons. The quantitative estimate of drug-likeness (QED) is 0.765. The van der Waals surface area contributed by atoms with Gasteiger partial charge in [0.05, 0.1) is 11.1 Å². The van der Waals surface area contributed by atoms with Crippen LogP contribution in [0.25, 0.3) is 11.0 Å². The summed E-state index contributed by atoms with van der Waals surface area (Å²) in [4.78, 5) is 0. The van der Waals surface area contributed by atoms with E-state index in [9.17, 15) is 0 Å². The Balaban J connectivity index is 1.70. The van der Waals surface area contributed by atoms with E-state index in [2.05, 4.69) is 17.4 Å². The van der Waals surface area contributed by atoms with Crippen molar-refractivity contribution in [3.05, 3.63) is 35.0 Å². The van der Waals surface area contributed by atoms with Crippen LogP contribution in [0, 0.1) is 5.92 Å². The zero-order chi connectivity index (χ0) is 14.7. The van der Waals surface area contributed by atoms with Crippen molar-refractivity contribution in [1.82, 2.24) is 5.32 Å². The third kappa shape index (κ3) is 3.44. The summed E-state index contributed by atoms with van der Waals surface area (Å²) in [6.07, 6.45) is 9.48. The molecule has 1 N–H and O–H groups in total. The SMILES string of the molecule is CNC(CCC1CCCCC1)c1cc2cccc(Cl)c2o1. The number of furan rings is 1. The van der Waals surface area contributed by atoms with Gasteiger partial charge in [0.1, 0.15) is 5.76 Å². The molecule has 0 amide bonds. The molecular weight excluding hydrogens is 282 g/mol. The molecule has 1 atom stereocenters. The monoisotopic (exact) mass is 305 g/mol. The first-order valence-electron chi connectivity index (χ1n) is 8.13. The van der Waals surface area contributed by atoms with Crippen LogP contribution in [0.1, 0.15) is 56.7 Å². The zero-order valence-electron chi connectivity index (χ0n) is 12.7. The second-order valence-electron chi connectivity index (χ2n) is 6.23. The maximum Gasteiger partial charge on any atom is 0.152 e. The molecule has 2 aromatic rings. The highest BCUT2D eigenvalue weighted by Crippen LogP contribution is 2.33. The molecule has 0 radical (unpaired) electrons. The number of para-hydroxylation sites is 1. The lowest BCUT2D eigenvalue weighted by atomic mass is 9.85. The van der Waals surface area contributed by atoms with Crippen LogP contribution in [0.2, 0.25) is 5.02 Å². The average molecular weight is 306 g/mol. The first kappa shape index (κ1) is 14.9. The Hall–Kier alpha value is -0.990. The lowest BCUT2D eigenvalue weighted by Crippen LogP contribution is -2.17. The van der Waals surface area contributed by atoms with Crippen molar-refractivity contribution < 1.29 is 4.42 Å². The molecule has 1 aromatic carbocycles. The van der Waals surface area contributed by atoms with Crippen LogP contribution < -0.4 is 5.32 Å². The van der Waals surface area contributed by atoms with Crippen LogP contribution in [0.15, 0.2) is 28.7 Å². The Morgan fingerprint density at radius 3 is 2.81 bits per heavy atom. The van der Waals surface area contributed by atoms with Gasteiger partial charge in [-0.25, -0.2) is 0 Å². The molecule has 0 spiro atoms. The van der Waals surface area contributed by atoms with Gasteiger partial charge in [-0.05, 0) is 37.9 Å². The highest BCUT2D eigenvalue weighted by atomic mass is 35.5. The van der Waals surface area contributed by atoms with Crippen LogP contribution in [0.5, 0.6) is 0 Å². The predicted molar refractivity (Wildman–Crippen MR) is 88.8 cm³/mol. The van der Waals surface area contributed by atoms with Crippen molar-refractivity contribution in [3.63, 3.8) is 0 Å². The summed E-state index contributed by atoms with van der Waals surface area (Å²) < 4.78 is 6.00. The number of nitrogens with one attached hydrogen (secondary N) is 1. The summed E-state index contributed by atoms with van der Waals surface area (Å²) in [5, 5.41) is 5.19. The van der Waals surface area contributed by atoms with E-state index in [1.54, 1.807) is 0 Å². The summed E-state index contributed by atoms with van der Waals surface area (Å²) in [5.41, 5.74) is 0.812. The van der Waals surface area contributed by atoms with Gasteiger partial charge in [-0.3, -0.25) is 0 Å². The minimum Gasteiger partial charge on any atom is -0.458 e. The van der Waals surface area contributed by atoms with Crippen molar-refractivity contribution in [2.24, 2.45) is 5.92 Å². The van der Waals surface area contributed by atoms with Crippen LogP contribution in [-0.4, -0.2) is 7.05 Å². The van der Waals surface area contributed by atoms with E-state index in [4.69, 9.17) is 16.0 Å². The van der Waals surface area contributed by atoms with Gasteiger partial charge in [0.15, 0.2) is 5.58 Å². The van der Waals surface area contributed by atoms with E-state index in [0.29, 0.717) is 5.02 Å². The number of hydrogen-bond acceptors (Lipinski definition) is 2. The molecule has 1 unspecified atom stereocenters. The Morgan fingerprint density at radius 1 is 1.29 bits per heavy atom. The fourth-order valence-corrected chi connectivity index (χ4v) is 3.75. The minimum absolute atomic E-state index is 0.287. The number of rotatable bonds is 5. The Morgan fingerprint density at radius 2 is 2.10 bits per heavy atom. The molecule has 1 aliphatic carbocycles. The second kappa shape index (κ2) is 6.85. The normalized spacial score (nSPS) is 18.2. The van der Waals surface area contributed by atoms with Crippen molar-refractivity contribution in [1.29, 1.82) is 0 Å². The van der Waals surface area contributed by atoms with Crippen molar-refractivity contribution in [2.45, 2.75) is 51.0 Å². The number of halogens is 1. The molecule has 3 heteroatoms. The smallest absolute Gasteiger partial charge is 0.152 e. The third-order valence-corrected chi connectivity index (χ3v) is 5.09. The summed E-state index contributed by atoms with van der Waals surface area (Å²) in [6.45, 7) is 0. The van der Waals surface area contributed by atoms with Gasteiger partial charge in [-0.2, -0.15) is 0 Å². The molecule has 1 heterocycles. The van der Waals surface area contributed by atoms with E-state index < -0.39 is 0 Å². The average Bonchev–Trinajstić information content (AvgIpc) is 2.94. The Kier molecular flexibility index (Phi) is 4.87. The van der Waals surface area contributed by atoms with Crippen LogP contribution >= 0.6 is 11.6 Å². The highest BCUT2D eigenvalue weighted by Gasteiger charge is 2.19. The highest BCUT2D eigenvalue weighted by molar-refractivity contribution is 6.34. The lowest BCUT2D eigenvalue weighted by molar-refractivity contribution is 0.308. The molecule has 0 saturated heterocycles. The van der Waals surface area contributed by atoms with E-state index in [1.807, 2.05) is 19.2 Å². The number of fused-ring (bicyclic) bond motifs is 1. The molecule has 1 saturated carbocycles. The summed E-state index contributed by atoms with van der Waals surface area (Å²) >= 11 is 6.20. The molecule has 3 rings (SSSR count). The fourth-order valence-electron chi connectivity index (χ4n) is 3.53. The summed E-state index contributed by atoms with van der Waals surface area (Å²) in [7, 11) is 2.01. The van der Waals surface area contributed by atoms with Crippen LogP contribution in [0.3, 0.4) is 0 Å². The summed E-state index contributed by atoms with van der Waals surface area (Å²) in [5.74, 6) is 1.92. The topological polar surface area (TPSA) is 25.2 Å². The number of benzene rings is 1. The molecule has 2 nitrogen and oxygen atoms in total. The van der Waals surface area contributed by atoms with Gasteiger partial charge in [0.2, 0.25) is 0 Å². The molecule has 1 aromatic heterocycles. The van der Waals surface area contributed by atoms with Gasteiger partial charge in [-0.1, -0.05) is 55.8 Å². The molecule has 21 heavy (non-hydrogen) atoms. The molecule has 1 fully saturated rings. The fraction of sp³-hybridized carbons (Fsp3) is 0.556. The maximum absolute atomic E-state index is 6.20. The van der Waals surface area contributed by atoms with E-state index in [0.717, 1.165) is 29.1 Å². The van der Waals surface area contributed by atoms with Crippen LogP contribution in [-0.2, 0) is 0 Å². The first-order chi connectivity index (χ1) is 10.3. The van der Waals surface area contributed by atoms with E-state index >= 15 is 0 Å². The van der Waals surface area contributed by atoms with Crippen molar-refractivity contribution in [2.75, 3.05) is 7.05 Å². The molecule has 0 bridgehead atoms. The molecule has 0 aliphatic heterocycles. The van der Waals surface area contributed by atoms with Crippen molar-refractivity contribution >= 4 is 22.6 Å². The Labute approximate surface area is 131 Å². The van der Waals surface area contributed by atoms with Gasteiger partial charge in [0, 0.05) is 5.39 Å². The van der Waals surface area contributed by atoms with Gasteiger partial charge < -0.3 is 9.73 Å². The van der Waals surface area contributed by atoms with Gasteiger partial charge in [0.25, 0.3) is 0 Å². The maximum atomic E-state index is 6.20. The second-order valence-corrected chi connectivity index (χ2v) is 6.64. The predicted octanol–water partition coefficient (Wildman–Crippen LogP) is 5.71. The zero-order valence-corrected chi connectivity index (χ0v) is 13.5. The first-order valence-corrected chi connectivity index (χ1v) is 8.51. The van der Waals surface area contributed by atoms with E-state index in [-0.39, 0.29) is 6.04 Å². The summed E-state index contributed by atoms with van der Waals surface area (Å²) in [6, 6.07) is 8.33. The Bertz CT molecular complexity index is 586. The molecule has 1 aliphatic rings. The van der Waals surface area contributed by atoms with Gasteiger partial charge in [-0.15, -0.1) is 0 Å². The minimum atomic E-state index is 0.287. The third-order valence-electron chi connectivity index (χ3n) is 4.80. The van der Waals surface area contributed by atoms with Gasteiger partial charge >= 0.3 is 0 Å². The van der Waals surface area contributed by atoms with E-state index in [1.165, 1.54) is 38.5 Å². The lowest BCUT2D eigenvalue weighted by Gasteiger charge is -2.23. The standard InChI is InChI=1S/C18H24ClNO/c1-20-16(11-10-13-6-3-2-4-7-13)17-12-14-8-5-9-15(19)18(14)21-17/h5,8-9,12-13,16,20H,2-4,6-7,10-11H2,1H3. The largest absolute Gasteiger partial charge is 0.458 e. The van der Waals surface area contributed by atoms with Crippen molar-refractivity contribution in [3.8, 4) is 0 Å². The molecular formula is C18H24ClNO. The van der Waals surface area contributed by atoms with Crippen LogP contribution in [0.4, 0.5) is 0 Å². The number of hydrogen-bond donors (Lipinski definition) is 1.